The van der Waals surface area contributed by atoms with E-state index in [1.807, 2.05) is 0 Å². The Labute approximate surface area is 71.9 Å². The fourth-order valence-corrected chi connectivity index (χ4v) is 0.876. The van der Waals surface area contributed by atoms with Crippen LogP contribution in [0.2, 0.25) is 0 Å². The van der Waals surface area contributed by atoms with Gasteiger partial charge in [-0.05, 0) is 6.54 Å². The van der Waals surface area contributed by atoms with Crippen LogP contribution in [-0.4, -0.2) is 15.0 Å². The molecule has 0 aliphatic heterocycles. The molecule has 0 saturated carbocycles. The Morgan fingerprint density at radius 3 is 2.29 bits per heavy atom. The number of halogens is 2. The number of hydrogen-bond acceptors (Lipinski definition) is 1. The minimum Gasteiger partial charge on any atom is -0.315 e. The van der Waals surface area contributed by atoms with Crippen LogP contribution in [0.25, 0.3) is 0 Å². The summed E-state index contributed by atoms with van der Waals surface area (Å²) >= 11 is 4.78. The standard InChI is InChI=1S/C4H9I2N/c1-2-7-3-4(5)6/h4,7H,2-3H2,1H3. The Bertz CT molecular complexity index is 38.7. The molecular weight excluding hydrogens is 316 g/mol. The van der Waals surface area contributed by atoms with Crippen molar-refractivity contribution in [2.45, 2.75) is 8.86 Å². The molecular formula is C4H9I2N. The molecule has 0 aliphatic carbocycles. The van der Waals surface area contributed by atoms with Crippen molar-refractivity contribution in [2.24, 2.45) is 0 Å². The van der Waals surface area contributed by atoms with Gasteiger partial charge in [-0.15, -0.1) is 0 Å². The van der Waals surface area contributed by atoms with Crippen molar-refractivity contribution in [1.29, 1.82) is 0 Å². The average molecular weight is 325 g/mol. The molecule has 3 heteroatoms. The van der Waals surface area contributed by atoms with Crippen LogP contribution in [0.1, 0.15) is 6.92 Å². The minimum atomic E-state index is 0.732. The van der Waals surface area contributed by atoms with Gasteiger partial charge in [0.25, 0.3) is 0 Å². The minimum absolute atomic E-state index is 0.732. The third-order valence-corrected chi connectivity index (χ3v) is 1.43. The second-order valence-corrected chi connectivity index (χ2v) is 6.59. The first-order valence-electron chi connectivity index (χ1n) is 2.26. The Hall–Kier alpha value is 1.42. The number of alkyl halides is 2. The Morgan fingerprint density at radius 2 is 2.14 bits per heavy atom. The van der Waals surface area contributed by atoms with Crippen LogP contribution in [-0.2, 0) is 0 Å². The second-order valence-electron chi connectivity index (χ2n) is 1.20. The fourth-order valence-electron chi connectivity index (χ4n) is 0.253. The molecule has 44 valence electrons. The van der Waals surface area contributed by atoms with Crippen LogP contribution in [0.4, 0.5) is 0 Å². The van der Waals surface area contributed by atoms with Gasteiger partial charge in [0.1, 0.15) is 0 Å². The highest BCUT2D eigenvalue weighted by Crippen LogP contribution is 2.06. The first kappa shape index (κ1) is 8.42. The molecule has 0 amide bonds. The summed E-state index contributed by atoms with van der Waals surface area (Å²) in [6.45, 7) is 4.33. The molecule has 0 aromatic carbocycles. The van der Waals surface area contributed by atoms with E-state index in [1.54, 1.807) is 0 Å². The molecule has 0 bridgehead atoms. The van der Waals surface area contributed by atoms with E-state index in [-0.39, 0.29) is 0 Å². The molecule has 0 spiro atoms. The highest BCUT2D eigenvalue weighted by molar-refractivity contribution is 14.2. The lowest BCUT2D eigenvalue weighted by atomic mass is 10.7. The van der Waals surface area contributed by atoms with Crippen LogP contribution in [0.5, 0.6) is 0 Å². The zero-order valence-corrected chi connectivity index (χ0v) is 8.56. The summed E-state index contributed by atoms with van der Waals surface area (Å²) < 4.78 is 0.732. The van der Waals surface area contributed by atoms with Gasteiger partial charge < -0.3 is 5.32 Å². The Balaban J connectivity index is 2.68. The zero-order valence-electron chi connectivity index (χ0n) is 4.25. The smallest absolute Gasteiger partial charge is 0.0750 e. The van der Waals surface area contributed by atoms with E-state index < -0.39 is 0 Å². The molecule has 0 aliphatic rings. The van der Waals surface area contributed by atoms with Gasteiger partial charge in [-0.1, -0.05) is 52.1 Å². The van der Waals surface area contributed by atoms with Crippen LogP contribution < -0.4 is 5.32 Å². The summed E-state index contributed by atoms with van der Waals surface area (Å²) in [4.78, 5) is 0. The van der Waals surface area contributed by atoms with Crippen LogP contribution in [0.15, 0.2) is 0 Å². The van der Waals surface area contributed by atoms with E-state index >= 15 is 0 Å². The lowest BCUT2D eigenvalue weighted by Crippen LogP contribution is -2.18. The van der Waals surface area contributed by atoms with Crippen molar-refractivity contribution in [3.05, 3.63) is 0 Å². The first-order chi connectivity index (χ1) is 3.27. The molecule has 0 aromatic heterocycles. The summed E-state index contributed by atoms with van der Waals surface area (Å²) in [6.07, 6.45) is 0. The van der Waals surface area contributed by atoms with Gasteiger partial charge >= 0.3 is 0 Å². The monoisotopic (exact) mass is 325 g/mol. The van der Waals surface area contributed by atoms with Gasteiger partial charge in [0.2, 0.25) is 0 Å². The summed E-state index contributed by atoms with van der Waals surface area (Å²) in [5.41, 5.74) is 0. The molecule has 0 rings (SSSR count). The van der Waals surface area contributed by atoms with Crippen LogP contribution >= 0.6 is 45.2 Å². The van der Waals surface area contributed by atoms with Gasteiger partial charge in [0.05, 0.1) is 1.93 Å². The van der Waals surface area contributed by atoms with Crippen LogP contribution in [0, 0.1) is 0 Å². The topological polar surface area (TPSA) is 12.0 Å². The molecule has 0 atom stereocenters. The normalized spacial score (nSPS) is 10.3. The molecule has 0 fully saturated rings. The molecule has 7 heavy (non-hydrogen) atoms. The highest BCUT2D eigenvalue weighted by atomic mass is 127. The maximum atomic E-state index is 3.23. The van der Waals surface area contributed by atoms with Gasteiger partial charge in [0, 0.05) is 6.54 Å². The van der Waals surface area contributed by atoms with E-state index in [4.69, 9.17) is 0 Å². The average Bonchev–Trinajstić information content (AvgIpc) is 1.61. The van der Waals surface area contributed by atoms with Gasteiger partial charge in [0.15, 0.2) is 0 Å². The number of rotatable bonds is 3. The maximum Gasteiger partial charge on any atom is 0.0750 e. The predicted octanol–water partition coefficient (Wildman–Crippen LogP) is 1.79. The molecule has 0 heterocycles. The predicted molar refractivity (Wildman–Crippen MR) is 50.4 cm³/mol. The quantitative estimate of drug-likeness (QED) is 0.616. The van der Waals surface area contributed by atoms with Crippen molar-refractivity contribution < 1.29 is 0 Å². The molecule has 0 unspecified atom stereocenters. The lowest BCUT2D eigenvalue weighted by Gasteiger charge is -1.98. The SMILES string of the molecule is CCNCC(I)I. The van der Waals surface area contributed by atoms with E-state index in [0.717, 1.165) is 15.0 Å². The molecule has 1 nitrogen and oxygen atoms in total. The van der Waals surface area contributed by atoms with Crippen molar-refractivity contribution in [1.82, 2.24) is 5.32 Å². The maximum absolute atomic E-state index is 3.23. The molecule has 0 radical (unpaired) electrons. The first-order valence-corrected chi connectivity index (χ1v) is 4.75. The summed E-state index contributed by atoms with van der Waals surface area (Å²) in [6, 6.07) is 0. The van der Waals surface area contributed by atoms with Crippen molar-refractivity contribution in [2.75, 3.05) is 13.1 Å². The van der Waals surface area contributed by atoms with E-state index in [9.17, 15) is 0 Å². The van der Waals surface area contributed by atoms with E-state index in [2.05, 4.69) is 57.4 Å². The molecule has 0 aromatic rings. The number of hydrogen-bond donors (Lipinski definition) is 1. The highest BCUT2D eigenvalue weighted by Gasteiger charge is 1.91. The summed E-state index contributed by atoms with van der Waals surface area (Å²) in [7, 11) is 0. The van der Waals surface area contributed by atoms with Crippen LogP contribution in [0.3, 0.4) is 0 Å². The Kier molecular flexibility index (Phi) is 6.68. The van der Waals surface area contributed by atoms with Crippen molar-refractivity contribution in [3.8, 4) is 0 Å². The molecule has 1 N–H and O–H groups in total. The Morgan fingerprint density at radius 1 is 1.57 bits per heavy atom. The summed E-state index contributed by atoms with van der Waals surface area (Å²) in [5.74, 6) is 0. The largest absolute Gasteiger partial charge is 0.315 e. The molecule has 0 saturated heterocycles. The summed E-state index contributed by atoms with van der Waals surface area (Å²) in [5, 5.41) is 3.23. The number of nitrogens with one attached hydrogen (secondary N) is 1. The van der Waals surface area contributed by atoms with Crippen molar-refractivity contribution >= 4 is 45.2 Å². The lowest BCUT2D eigenvalue weighted by molar-refractivity contribution is 0.768. The zero-order chi connectivity index (χ0) is 5.70. The van der Waals surface area contributed by atoms with Crippen molar-refractivity contribution in [3.63, 3.8) is 0 Å². The van der Waals surface area contributed by atoms with Gasteiger partial charge in [-0.25, -0.2) is 0 Å². The van der Waals surface area contributed by atoms with Gasteiger partial charge in [-0.2, -0.15) is 0 Å². The second kappa shape index (κ2) is 5.55. The fraction of sp³-hybridized carbons (Fsp3) is 1.00. The van der Waals surface area contributed by atoms with E-state index in [1.165, 1.54) is 0 Å². The van der Waals surface area contributed by atoms with Gasteiger partial charge in [-0.3, -0.25) is 0 Å². The van der Waals surface area contributed by atoms with E-state index in [0.29, 0.717) is 0 Å². The third-order valence-electron chi connectivity index (χ3n) is 0.549. The third kappa shape index (κ3) is 7.42.